The Hall–Kier alpha value is -3.22. The first kappa shape index (κ1) is 22.5. The molecule has 31 heavy (non-hydrogen) atoms. The molecule has 0 saturated heterocycles. The second-order valence-electron chi connectivity index (χ2n) is 6.02. The number of amides is 2. The molecule has 0 fully saturated rings. The van der Waals surface area contributed by atoms with Crippen LogP contribution in [-0.2, 0) is 9.59 Å². The van der Waals surface area contributed by atoms with Crippen molar-refractivity contribution in [3.05, 3.63) is 57.6 Å². The lowest BCUT2D eigenvalue weighted by atomic mass is 10.2. The highest BCUT2D eigenvalue weighted by atomic mass is 35.5. The molecule has 3 N–H and O–H groups in total. The van der Waals surface area contributed by atoms with Crippen LogP contribution in [0.1, 0.15) is 6.92 Å². The van der Waals surface area contributed by atoms with Crippen molar-refractivity contribution >= 4 is 74.4 Å². The second-order valence-corrected chi connectivity index (χ2v) is 8.65. The van der Waals surface area contributed by atoms with E-state index in [-0.39, 0.29) is 28.1 Å². The molecule has 1 aromatic heterocycles. The largest absolute Gasteiger partial charge is 0.330 e. The average Bonchev–Trinajstić information content (AvgIpc) is 3.14. The van der Waals surface area contributed by atoms with Crippen molar-refractivity contribution in [3.8, 4) is 0 Å². The molecular weight excluding hydrogens is 464 g/mol. The molecule has 1 heterocycles. The van der Waals surface area contributed by atoms with Gasteiger partial charge in [0.2, 0.25) is 16.9 Å². The van der Waals surface area contributed by atoms with E-state index < -0.39 is 10.8 Å². The van der Waals surface area contributed by atoms with E-state index in [2.05, 4.69) is 26.1 Å². The van der Waals surface area contributed by atoms with Crippen molar-refractivity contribution in [1.29, 1.82) is 0 Å². The van der Waals surface area contributed by atoms with Crippen LogP contribution in [0, 0.1) is 10.1 Å². The number of halogens is 1. The maximum absolute atomic E-state index is 12.2. The third-order valence-corrected chi connectivity index (χ3v) is 5.81. The molecule has 10 nitrogen and oxygen atoms in total. The summed E-state index contributed by atoms with van der Waals surface area (Å²) in [6, 6.07) is 11.1. The molecular formula is C18H15ClN6O4S2. The molecule has 0 radical (unpaired) electrons. The van der Waals surface area contributed by atoms with Crippen LogP contribution in [0.3, 0.4) is 0 Å². The minimum absolute atomic E-state index is 0.00751. The highest BCUT2D eigenvalue weighted by molar-refractivity contribution is 8.01. The fourth-order valence-electron chi connectivity index (χ4n) is 2.40. The fraction of sp³-hybridized carbons (Fsp3) is 0.111. The molecule has 0 spiro atoms. The summed E-state index contributed by atoms with van der Waals surface area (Å²) in [6.45, 7) is 1.43. The van der Waals surface area contributed by atoms with Gasteiger partial charge in [0, 0.05) is 29.4 Å². The molecule has 2 amide bonds. The maximum atomic E-state index is 12.2. The molecule has 0 unspecified atom stereocenters. The number of hydrogen-bond acceptors (Lipinski definition) is 9. The fourth-order valence-corrected chi connectivity index (χ4v) is 4.13. The predicted octanol–water partition coefficient (Wildman–Crippen LogP) is 4.53. The van der Waals surface area contributed by atoms with Gasteiger partial charge in [-0.05, 0) is 30.3 Å². The quantitative estimate of drug-likeness (QED) is 0.243. The van der Waals surface area contributed by atoms with E-state index >= 15 is 0 Å². The number of carbonyl (C=O) groups is 2. The average molecular weight is 479 g/mol. The van der Waals surface area contributed by atoms with Gasteiger partial charge in [0.15, 0.2) is 4.34 Å². The smallest absolute Gasteiger partial charge is 0.294 e. The van der Waals surface area contributed by atoms with E-state index in [0.29, 0.717) is 20.8 Å². The lowest BCUT2D eigenvalue weighted by molar-refractivity contribution is -0.383. The van der Waals surface area contributed by atoms with Gasteiger partial charge in [0.1, 0.15) is 5.69 Å². The van der Waals surface area contributed by atoms with Crippen molar-refractivity contribution < 1.29 is 14.5 Å². The SMILES string of the molecule is CC(=O)Nc1cccc(Nc2nnc(SCC(=O)Nc3ccc(Cl)cc3[N+](=O)[O-])s2)c1. The van der Waals surface area contributed by atoms with Crippen molar-refractivity contribution in [3.63, 3.8) is 0 Å². The molecule has 3 rings (SSSR count). The number of rotatable bonds is 8. The van der Waals surface area contributed by atoms with Crippen LogP contribution in [0.5, 0.6) is 0 Å². The van der Waals surface area contributed by atoms with Gasteiger partial charge in [0.05, 0.1) is 10.7 Å². The van der Waals surface area contributed by atoms with Crippen LogP contribution in [-0.4, -0.2) is 32.7 Å². The molecule has 0 bridgehead atoms. The van der Waals surface area contributed by atoms with Crippen LogP contribution >= 0.6 is 34.7 Å². The molecule has 160 valence electrons. The molecule has 13 heteroatoms. The molecule has 0 atom stereocenters. The van der Waals surface area contributed by atoms with Crippen LogP contribution < -0.4 is 16.0 Å². The van der Waals surface area contributed by atoms with E-state index in [1.165, 1.54) is 36.5 Å². The lowest BCUT2D eigenvalue weighted by Gasteiger charge is -2.06. The van der Waals surface area contributed by atoms with Crippen molar-refractivity contribution in [2.24, 2.45) is 0 Å². The number of hydrogen-bond donors (Lipinski definition) is 3. The number of anilines is 4. The minimum Gasteiger partial charge on any atom is -0.330 e. The van der Waals surface area contributed by atoms with E-state index in [0.717, 1.165) is 11.8 Å². The van der Waals surface area contributed by atoms with E-state index in [1.807, 2.05) is 6.07 Å². The van der Waals surface area contributed by atoms with E-state index in [1.54, 1.807) is 18.2 Å². The number of benzene rings is 2. The van der Waals surface area contributed by atoms with E-state index in [4.69, 9.17) is 11.6 Å². The minimum atomic E-state index is -0.613. The first-order valence-electron chi connectivity index (χ1n) is 8.65. The Morgan fingerprint density at radius 1 is 1.16 bits per heavy atom. The first-order chi connectivity index (χ1) is 14.8. The Balaban J connectivity index is 1.56. The highest BCUT2D eigenvalue weighted by Crippen LogP contribution is 2.30. The van der Waals surface area contributed by atoms with E-state index in [9.17, 15) is 19.7 Å². The van der Waals surface area contributed by atoms with Crippen LogP contribution in [0.25, 0.3) is 0 Å². The molecule has 0 aliphatic rings. The molecule has 3 aromatic rings. The Morgan fingerprint density at radius 2 is 1.94 bits per heavy atom. The van der Waals surface area contributed by atoms with Gasteiger partial charge in [-0.2, -0.15) is 0 Å². The summed E-state index contributed by atoms with van der Waals surface area (Å²) in [5.41, 5.74) is 1.14. The predicted molar refractivity (Wildman–Crippen MR) is 121 cm³/mol. The number of nitrogens with zero attached hydrogens (tertiary/aromatic N) is 3. The van der Waals surface area contributed by atoms with Crippen LogP contribution in [0.4, 0.5) is 27.9 Å². The number of nitro benzene ring substituents is 1. The van der Waals surface area contributed by atoms with Crippen molar-refractivity contribution in [2.75, 3.05) is 21.7 Å². The van der Waals surface area contributed by atoms with Crippen LogP contribution in [0.15, 0.2) is 46.8 Å². The summed E-state index contributed by atoms with van der Waals surface area (Å²) in [6.07, 6.45) is 0. The molecule has 0 aliphatic carbocycles. The number of carbonyl (C=O) groups excluding carboxylic acids is 2. The van der Waals surface area contributed by atoms with Gasteiger partial charge in [-0.25, -0.2) is 0 Å². The zero-order chi connectivity index (χ0) is 22.4. The Kier molecular flexibility index (Phi) is 7.39. The van der Waals surface area contributed by atoms with Gasteiger partial charge in [-0.3, -0.25) is 19.7 Å². The zero-order valence-electron chi connectivity index (χ0n) is 15.9. The molecule has 0 saturated carbocycles. The summed E-state index contributed by atoms with van der Waals surface area (Å²) in [5.74, 6) is -0.607. The topological polar surface area (TPSA) is 139 Å². The van der Waals surface area contributed by atoms with Gasteiger partial charge in [-0.1, -0.05) is 40.8 Å². The normalized spacial score (nSPS) is 10.4. The molecule has 0 aliphatic heterocycles. The van der Waals surface area contributed by atoms with Crippen LogP contribution in [0.2, 0.25) is 5.02 Å². The van der Waals surface area contributed by atoms with Crippen molar-refractivity contribution in [1.82, 2.24) is 10.2 Å². The zero-order valence-corrected chi connectivity index (χ0v) is 18.3. The van der Waals surface area contributed by atoms with Gasteiger partial charge < -0.3 is 16.0 Å². The summed E-state index contributed by atoms with van der Waals surface area (Å²) >= 11 is 8.16. The highest BCUT2D eigenvalue weighted by Gasteiger charge is 2.17. The number of nitro groups is 1. The standard InChI is InChI=1S/C18H15ClN6O4S2/c1-10(26)20-12-3-2-4-13(8-12)21-17-23-24-18(31-17)30-9-16(27)22-14-6-5-11(19)7-15(14)25(28)29/h2-8H,9H2,1H3,(H,20,26)(H,21,23)(H,22,27). The van der Waals surface area contributed by atoms with Gasteiger partial charge >= 0.3 is 0 Å². The third-order valence-electron chi connectivity index (χ3n) is 3.60. The Morgan fingerprint density at radius 3 is 2.68 bits per heavy atom. The lowest BCUT2D eigenvalue weighted by Crippen LogP contribution is -2.15. The second kappa shape index (κ2) is 10.2. The maximum Gasteiger partial charge on any atom is 0.294 e. The monoisotopic (exact) mass is 478 g/mol. The third kappa shape index (κ3) is 6.64. The Bertz CT molecular complexity index is 1140. The number of nitrogens with one attached hydrogen (secondary N) is 3. The molecule has 2 aromatic carbocycles. The van der Waals surface area contributed by atoms with Crippen molar-refractivity contribution in [2.45, 2.75) is 11.3 Å². The van der Waals surface area contributed by atoms with Gasteiger partial charge in [-0.15, -0.1) is 10.2 Å². The first-order valence-corrected chi connectivity index (χ1v) is 10.8. The van der Waals surface area contributed by atoms with Gasteiger partial charge in [0.25, 0.3) is 5.69 Å². The summed E-state index contributed by atoms with van der Waals surface area (Å²) in [7, 11) is 0. The number of aromatic nitrogens is 2. The Labute approximate surface area is 189 Å². The number of thioether (sulfide) groups is 1. The summed E-state index contributed by atoms with van der Waals surface area (Å²) in [5, 5.41) is 28.1. The summed E-state index contributed by atoms with van der Waals surface area (Å²) < 4.78 is 0.543. The summed E-state index contributed by atoms with van der Waals surface area (Å²) in [4.78, 5) is 33.9.